The zero-order chi connectivity index (χ0) is 15.3. The number of nitriles is 1. The van der Waals surface area contributed by atoms with Gasteiger partial charge in [-0.15, -0.1) is 0 Å². The van der Waals surface area contributed by atoms with Crippen LogP contribution < -0.4 is 0 Å². The summed E-state index contributed by atoms with van der Waals surface area (Å²) in [5, 5.41) is 8.72. The second-order valence-corrected chi connectivity index (χ2v) is 6.00. The second kappa shape index (κ2) is 7.24. The van der Waals surface area contributed by atoms with Crippen molar-refractivity contribution in [2.75, 3.05) is 7.11 Å². The molecule has 2 fully saturated rings. The minimum Gasteiger partial charge on any atom is -0.469 e. The third kappa shape index (κ3) is 3.75. The van der Waals surface area contributed by atoms with Crippen molar-refractivity contribution >= 4 is 5.97 Å². The lowest BCUT2D eigenvalue weighted by Crippen LogP contribution is -2.47. The molecule has 0 aliphatic carbocycles. The number of carbonyl (C=O) groups is 1. The van der Waals surface area contributed by atoms with E-state index < -0.39 is 0 Å². The number of esters is 1. The molecule has 5 nitrogen and oxygen atoms in total. The number of hydrogen-bond acceptors (Lipinski definition) is 5. The molecule has 2 aliphatic heterocycles. The van der Waals surface area contributed by atoms with Crippen LogP contribution in [0.25, 0.3) is 0 Å². The second-order valence-electron chi connectivity index (χ2n) is 6.00. The van der Waals surface area contributed by atoms with Crippen molar-refractivity contribution in [2.45, 2.75) is 82.2 Å². The standard InChI is InChI=1S/C16H25NO4/c1-3-16-11-13(7-9-15(18)19-2)20-14(16)8-6-12(21-16)5-4-10-17/h12-14H,3-9,11H2,1-2H3/t12-,13-,14-,16-/m0/s1. The van der Waals surface area contributed by atoms with Crippen molar-refractivity contribution in [2.24, 2.45) is 0 Å². The first-order valence-corrected chi connectivity index (χ1v) is 7.90. The van der Waals surface area contributed by atoms with Crippen LogP contribution in [0.1, 0.15) is 58.3 Å². The average molecular weight is 295 g/mol. The number of rotatable bonds is 6. The van der Waals surface area contributed by atoms with Crippen molar-refractivity contribution in [3.05, 3.63) is 0 Å². The number of carbonyl (C=O) groups excluding carboxylic acids is 1. The Labute approximate surface area is 126 Å². The van der Waals surface area contributed by atoms with Crippen LogP contribution in [-0.4, -0.2) is 37.0 Å². The van der Waals surface area contributed by atoms with Gasteiger partial charge in [0.25, 0.3) is 0 Å². The normalized spacial score (nSPS) is 35.0. The van der Waals surface area contributed by atoms with Gasteiger partial charge >= 0.3 is 5.97 Å². The zero-order valence-corrected chi connectivity index (χ0v) is 13.0. The molecule has 21 heavy (non-hydrogen) atoms. The lowest BCUT2D eigenvalue weighted by Gasteiger charge is -2.41. The molecule has 0 bridgehead atoms. The summed E-state index contributed by atoms with van der Waals surface area (Å²) in [7, 11) is 1.41. The molecule has 0 aromatic carbocycles. The monoisotopic (exact) mass is 295 g/mol. The minimum absolute atomic E-state index is 0.0729. The van der Waals surface area contributed by atoms with Crippen molar-refractivity contribution in [1.82, 2.24) is 0 Å². The molecule has 0 saturated carbocycles. The van der Waals surface area contributed by atoms with Crippen LogP contribution in [0.5, 0.6) is 0 Å². The molecule has 2 aliphatic rings. The molecule has 2 heterocycles. The molecule has 118 valence electrons. The summed E-state index contributed by atoms with van der Waals surface area (Å²) in [6.45, 7) is 2.13. The van der Waals surface area contributed by atoms with Gasteiger partial charge < -0.3 is 14.2 Å². The van der Waals surface area contributed by atoms with Crippen molar-refractivity contribution in [3.8, 4) is 6.07 Å². The van der Waals surface area contributed by atoms with Crippen LogP contribution in [0.4, 0.5) is 0 Å². The third-order valence-electron chi connectivity index (χ3n) is 4.74. The van der Waals surface area contributed by atoms with Gasteiger partial charge in [-0.25, -0.2) is 0 Å². The van der Waals surface area contributed by atoms with E-state index in [2.05, 4.69) is 17.7 Å². The molecule has 2 rings (SSSR count). The summed E-state index contributed by atoms with van der Waals surface area (Å²) in [6.07, 6.45) is 6.50. The van der Waals surface area contributed by atoms with Crippen LogP contribution >= 0.6 is 0 Å². The van der Waals surface area contributed by atoms with E-state index in [1.165, 1.54) is 7.11 Å². The van der Waals surface area contributed by atoms with E-state index in [4.69, 9.17) is 14.7 Å². The van der Waals surface area contributed by atoms with E-state index in [0.29, 0.717) is 19.3 Å². The first-order valence-electron chi connectivity index (χ1n) is 7.90. The van der Waals surface area contributed by atoms with Crippen LogP contribution in [-0.2, 0) is 19.0 Å². The lowest BCUT2D eigenvalue weighted by molar-refractivity contribution is -0.168. The maximum atomic E-state index is 11.3. The summed E-state index contributed by atoms with van der Waals surface area (Å²) in [4.78, 5) is 11.3. The van der Waals surface area contributed by atoms with Crippen LogP contribution in [0, 0.1) is 11.3 Å². The molecule has 4 atom stereocenters. The fraction of sp³-hybridized carbons (Fsp3) is 0.875. The quantitative estimate of drug-likeness (QED) is 0.705. The Hall–Kier alpha value is -1.12. The maximum Gasteiger partial charge on any atom is 0.305 e. The summed E-state index contributed by atoms with van der Waals surface area (Å²) in [5.41, 5.74) is -0.223. The first-order chi connectivity index (χ1) is 10.1. The molecular formula is C16H25NO4. The fourth-order valence-electron chi connectivity index (χ4n) is 3.54. The van der Waals surface area contributed by atoms with Crippen molar-refractivity contribution < 1.29 is 19.0 Å². The summed E-state index contributed by atoms with van der Waals surface area (Å²) < 4.78 is 17.1. The lowest BCUT2D eigenvalue weighted by atomic mass is 9.83. The van der Waals surface area contributed by atoms with Gasteiger partial charge in [0.2, 0.25) is 0 Å². The van der Waals surface area contributed by atoms with Crippen LogP contribution in [0.3, 0.4) is 0 Å². The number of methoxy groups -OCH3 is 1. The van der Waals surface area contributed by atoms with Crippen LogP contribution in [0.15, 0.2) is 0 Å². The highest BCUT2D eigenvalue weighted by Crippen LogP contribution is 2.45. The Kier molecular flexibility index (Phi) is 5.60. The highest BCUT2D eigenvalue weighted by atomic mass is 16.6. The highest BCUT2D eigenvalue weighted by molar-refractivity contribution is 5.69. The summed E-state index contributed by atoms with van der Waals surface area (Å²) in [6, 6.07) is 2.19. The van der Waals surface area contributed by atoms with Crippen LogP contribution in [0.2, 0.25) is 0 Å². The molecule has 0 spiro atoms. The van der Waals surface area contributed by atoms with Crippen molar-refractivity contribution in [3.63, 3.8) is 0 Å². The minimum atomic E-state index is -0.223. The van der Waals surface area contributed by atoms with Gasteiger partial charge in [0.1, 0.15) is 0 Å². The predicted octanol–water partition coefficient (Wildman–Crippen LogP) is 2.73. The summed E-state index contributed by atoms with van der Waals surface area (Å²) >= 11 is 0. The Morgan fingerprint density at radius 2 is 2.19 bits per heavy atom. The zero-order valence-electron chi connectivity index (χ0n) is 13.0. The molecule has 0 N–H and O–H groups in total. The van der Waals surface area contributed by atoms with Gasteiger partial charge in [0, 0.05) is 19.3 Å². The molecule has 0 aromatic rings. The maximum absolute atomic E-state index is 11.3. The SMILES string of the molecule is CC[C@]12C[C@H](CCC(=O)OC)O[C@H]1CC[C@H](CCC#N)O2. The molecule has 0 radical (unpaired) electrons. The fourth-order valence-corrected chi connectivity index (χ4v) is 3.54. The Morgan fingerprint density at radius 1 is 1.38 bits per heavy atom. The van der Waals surface area contributed by atoms with E-state index in [1.807, 2.05) is 0 Å². The molecule has 0 aromatic heterocycles. The van der Waals surface area contributed by atoms with E-state index in [0.717, 1.165) is 32.1 Å². The highest BCUT2D eigenvalue weighted by Gasteiger charge is 2.51. The van der Waals surface area contributed by atoms with Crippen molar-refractivity contribution in [1.29, 1.82) is 5.26 Å². The van der Waals surface area contributed by atoms with Gasteiger partial charge in [-0.3, -0.25) is 4.79 Å². The average Bonchev–Trinajstić information content (AvgIpc) is 2.88. The molecule has 2 saturated heterocycles. The van der Waals surface area contributed by atoms with Gasteiger partial charge in [-0.1, -0.05) is 6.92 Å². The van der Waals surface area contributed by atoms with E-state index in [9.17, 15) is 4.79 Å². The number of fused-ring (bicyclic) bond motifs is 1. The largest absolute Gasteiger partial charge is 0.469 e. The third-order valence-corrected chi connectivity index (χ3v) is 4.74. The molecule has 0 amide bonds. The predicted molar refractivity (Wildman–Crippen MR) is 76.5 cm³/mol. The Morgan fingerprint density at radius 3 is 2.86 bits per heavy atom. The number of hydrogen-bond donors (Lipinski definition) is 0. The van der Waals surface area contributed by atoms with Gasteiger partial charge in [0.15, 0.2) is 0 Å². The van der Waals surface area contributed by atoms with E-state index >= 15 is 0 Å². The van der Waals surface area contributed by atoms with Gasteiger partial charge in [-0.2, -0.15) is 5.26 Å². The van der Waals surface area contributed by atoms with Gasteiger partial charge in [0.05, 0.1) is 37.1 Å². The molecular weight excluding hydrogens is 270 g/mol. The van der Waals surface area contributed by atoms with Gasteiger partial charge in [-0.05, 0) is 32.1 Å². The number of nitrogens with zero attached hydrogens (tertiary/aromatic N) is 1. The summed E-state index contributed by atoms with van der Waals surface area (Å²) in [5.74, 6) is -0.188. The Bertz CT molecular complexity index is 406. The Balaban J connectivity index is 1.92. The first kappa shape index (κ1) is 16.3. The molecule has 0 unspecified atom stereocenters. The smallest absolute Gasteiger partial charge is 0.305 e. The number of ether oxygens (including phenoxy) is 3. The van der Waals surface area contributed by atoms with E-state index in [1.54, 1.807) is 0 Å². The molecule has 5 heteroatoms. The van der Waals surface area contributed by atoms with E-state index in [-0.39, 0.29) is 29.9 Å². The topological polar surface area (TPSA) is 68.5 Å².